The summed E-state index contributed by atoms with van der Waals surface area (Å²) in [6, 6.07) is 12.3. The number of ether oxygens (including phenoxy) is 2. The first-order valence-electron chi connectivity index (χ1n) is 12.0. The van der Waals surface area contributed by atoms with Gasteiger partial charge in [0.05, 0.1) is 4.90 Å². The average Bonchev–Trinajstić information content (AvgIpc) is 3.48. The molecule has 2 aliphatic heterocycles. The molecule has 3 aromatic rings. The number of amides is 2. The van der Waals surface area contributed by atoms with Gasteiger partial charge in [-0.1, -0.05) is 31.2 Å². The van der Waals surface area contributed by atoms with Crippen LogP contribution in [0.4, 0.5) is 0 Å². The number of piperidine rings is 1. The minimum absolute atomic E-state index is 0.0342. The molecule has 190 valence electrons. The number of hydrogen-bond donors (Lipinski definition) is 1. The summed E-state index contributed by atoms with van der Waals surface area (Å²) in [5.74, 6) is 0.502. The Hall–Kier alpha value is -3.53. The summed E-state index contributed by atoms with van der Waals surface area (Å²) < 4.78 is 38.8. The molecular weight excluding hydrogens is 482 g/mol. The standard InChI is InChI=1S/C26H29N3O6S/c1-18-8-10-28(11-9-18)26(31)15-29-14-24(20-4-2-3-5-21(20)29)36(32,33)16-25(30)27-13-19-6-7-22-23(12-19)35-17-34-22/h2-7,12,14,18H,8-11,13,15-17H2,1H3,(H,27,30). The second-order valence-corrected chi connectivity index (χ2v) is 11.4. The molecule has 5 rings (SSSR count). The maximum atomic E-state index is 13.3. The second-order valence-electron chi connectivity index (χ2n) is 9.43. The van der Waals surface area contributed by atoms with E-state index >= 15 is 0 Å². The third kappa shape index (κ3) is 5.04. The Balaban J connectivity index is 1.29. The number of fused-ring (bicyclic) bond motifs is 2. The summed E-state index contributed by atoms with van der Waals surface area (Å²) in [7, 11) is -3.95. The van der Waals surface area contributed by atoms with Gasteiger partial charge in [-0.05, 0) is 42.5 Å². The summed E-state index contributed by atoms with van der Waals surface area (Å²) >= 11 is 0. The number of nitrogens with one attached hydrogen (secondary N) is 1. The Morgan fingerprint density at radius 1 is 1.06 bits per heavy atom. The number of benzene rings is 2. The SMILES string of the molecule is CC1CCN(C(=O)Cn2cc(S(=O)(=O)CC(=O)NCc3ccc4c(c3)OCO4)c3ccccc32)CC1. The van der Waals surface area contributed by atoms with Gasteiger partial charge in [-0.15, -0.1) is 0 Å². The van der Waals surface area contributed by atoms with Gasteiger partial charge in [0.25, 0.3) is 0 Å². The van der Waals surface area contributed by atoms with E-state index in [0.29, 0.717) is 41.4 Å². The molecule has 1 aromatic heterocycles. The van der Waals surface area contributed by atoms with Crippen molar-refractivity contribution < 1.29 is 27.5 Å². The molecule has 10 heteroatoms. The van der Waals surface area contributed by atoms with E-state index < -0.39 is 21.5 Å². The lowest BCUT2D eigenvalue weighted by Gasteiger charge is -2.30. The highest BCUT2D eigenvalue weighted by atomic mass is 32.2. The van der Waals surface area contributed by atoms with Crippen molar-refractivity contribution in [1.29, 1.82) is 0 Å². The number of aromatic nitrogens is 1. The zero-order chi connectivity index (χ0) is 25.3. The normalized spacial score (nSPS) is 15.9. The smallest absolute Gasteiger partial charge is 0.242 e. The van der Waals surface area contributed by atoms with Crippen molar-refractivity contribution in [3.05, 3.63) is 54.2 Å². The van der Waals surface area contributed by atoms with E-state index in [0.717, 1.165) is 18.4 Å². The van der Waals surface area contributed by atoms with Gasteiger partial charge in [0.2, 0.25) is 18.6 Å². The van der Waals surface area contributed by atoms with Crippen molar-refractivity contribution in [2.45, 2.75) is 37.8 Å². The topological polar surface area (TPSA) is 107 Å². The lowest BCUT2D eigenvalue weighted by atomic mass is 9.99. The van der Waals surface area contributed by atoms with Crippen molar-refractivity contribution >= 4 is 32.6 Å². The minimum atomic E-state index is -3.95. The van der Waals surface area contributed by atoms with Gasteiger partial charge in [-0.25, -0.2) is 8.42 Å². The van der Waals surface area contributed by atoms with Crippen molar-refractivity contribution in [3.63, 3.8) is 0 Å². The Labute approximate surface area is 209 Å². The minimum Gasteiger partial charge on any atom is -0.454 e. The first-order chi connectivity index (χ1) is 17.3. The van der Waals surface area contributed by atoms with Crippen LogP contribution in [0.25, 0.3) is 10.9 Å². The van der Waals surface area contributed by atoms with Crippen LogP contribution in [-0.4, -0.2) is 55.3 Å². The van der Waals surface area contributed by atoms with Gasteiger partial charge in [-0.3, -0.25) is 9.59 Å². The summed E-state index contributed by atoms with van der Waals surface area (Å²) in [5, 5.41) is 3.17. The van der Waals surface area contributed by atoms with Gasteiger partial charge in [-0.2, -0.15) is 0 Å². The number of para-hydroxylation sites is 1. The van der Waals surface area contributed by atoms with Crippen LogP contribution < -0.4 is 14.8 Å². The van der Waals surface area contributed by atoms with E-state index in [1.807, 2.05) is 4.90 Å². The lowest BCUT2D eigenvalue weighted by molar-refractivity contribution is -0.133. The second kappa shape index (κ2) is 9.85. The van der Waals surface area contributed by atoms with Crippen LogP contribution in [0.2, 0.25) is 0 Å². The molecule has 0 saturated carbocycles. The summed E-state index contributed by atoms with van der Waals surface area (Å²) in [6.07, 6.45) is 3.42. The molecule has 2 aliphatic rings. The largest absolute Gasteiger partial charge is 0.454 e. The zero-order valence-electron chi connectivity index (χ0n) is 20.1. The molecule has 0 atom stereocenters. The fourth-order valence-corrected chi connectivity index (χ4v) is 6.05. The number of likely N-dealkylation sites (tertiary alicyclic amines) is 1. The number of hydrogen-bond acceptors (Lipinski definition) is 6. The van der Waals surface area contributed by atoms with Gasteiger partial charge < -0.3 is 24.3 Å². The molecule has 0 spiro atoms. The van der Waals surface area contributed by atoms with E-state index in [2.05, 4.69) is 12.2 Å². The van der Waals surface area contributed by atoms with Crippen molar-refractivity contribution in [3.8, 4) is 11.5 Å². The molecule has 0 unspecified atom stereocenters. The van der Waals surface area contributed by atoms with Crippen molar-refractivity contribution in [2.24, 2.45) is 5.92 Å². The number of nitrogens with zero attached hydrogens (tertiary/aromatic N) is 2. The average molecular weight is 512 g/mol. The first-order valence-corrected chi connectivity index (χ1v) is 13.7. The van der Waals surface area contributed by atoms with E-state index in [1.54, 1.807) is 47.0 Å². The van der Waals surface area contributed by atoms with Crippen molar-refractivity contribution in [1.82, 2.24) is 14.8 Å². The third-order valence-electron chi connectivity index (χ3n) is 6.78. The Kier molecular flexibility index (Phi) is 6.61. The highest BCUT2D eigenvalue weighted by Gasteiger charge is 2.26. The van der Waals surface area contributed by atoms with Crippen LogP contribution >= 0.6 is 0 Å². The molecule has 0 bridgehead atoms. The molecule has 0 aliphatic carbocycles. The summed E-state index contributed by atoms with van der Waals surface area (Å²) in [6.45, 7) is 3.99. The number of rotatable bonds is 7. The molecule has 9 nitrogen and oxygen atoms in total. The maximum Gasteiger partial charge on any atom is 0.242 e. The van der Waals surface area contributed by atoms with Crippen LogP contribution in [0.3, 0.4) is 0 Å². The van der Waals surface area contributed by atoms with Gasteiger partial charge in [0, 0.05) is 36.7 Å². The van der Waals surface area contributed by atoms with Crippen molar-refractivity contribution in [2.75, 3.05) is 25.6 Å². The van der Waals surface area contributed by atoms with Crippen LogP contribution in [0.1, 0.15) is 25.3 Å². The van der Waals surface area contributed by atoms with E-state index in [9.17, 15) is 18.0 Å². The number of carbonyl (C=O) groups is 2. The lowest BCUT2D eigenvalue weighted by Crippen LogP contribution is -2.39. The predicted octanol–water partition coefficient (Wildman–Crippen LogP) is 2.72. The summed E-state index contributed by atoms with van der Waals surface area (Å²) in [4.78, 5) is 27.4. The molecule has 2 amide bonds. The molecule has 3 heterocycles. The predicted molar refractivity (Wildman–Crippen MR) is 133 cm³/mol. The molecule has 2 aromatic carbocycles. The van der Waals surface area contributed by atoms with Crippen LogP contribution in [0.5, 0.6) is 11.5 Å². The third-order valence-corrected chi connectivity index (χ3v) is 8.41. The first kappa shape index (κ1) is 24.2. The van der Waals surface area contributed by atoms with Crippen LogP contribution in [0, 0.1) is 5.92 Å². The molecule has 0 radical (unpaired) electrons. The van der Waals surface area contributed by atoms with Crippen LogP contribution in [0.15, 0.2) is 53.6 Å². The maximum absolute atomic E-state index is 13.3. The fraction of sp³-hybridized carbons (Fsp3) is 0.385. The quantitative estimate of drug-likeness (QED) is 0.523. The highest BCUT2D eigenvalue weighted by molar-refractivity contribution is 7.92. The molecule has 1 saturated heterocycles. The fourth-order valence-electron chi connectivity index (χ4n) is 4.65. The Morgan fingerprint density at radius 3 is 2.61 bits per heavy atom. The van der Waals surface area contributed by atoms with E-state index in [-0.39, 0.29) is 30.7 Å². The Morgan fingerprint density at radius 2 is 1.81 bits per heavy atom. The zero-order valence-corrected chi connectivity index (χ0v) is 20.9. The molecule has 1 N–H and O–H groups in total. The van der Waals surface area contributed by atoms with E-state index in [4.69, 9.17) is 9.47 Å². The molecular formula is C26H29N3O6S. The van der Waals surface area contributed by atoms with Gasteiger partial charge >= 0.3 is 0 Å². The molecule has 36 heavy (non-hydrogen) atoms. The Bertz CT molecular complexity index is 1410. The summed E-state index contributed by atoms with van der Waals surface area (Å²) in [5.41, 5.74) is 1.42. The van der Waals surface area contributed by atoms with Crippen LogP contribution in [-0.2, 0) is 32.5 Å². The number of sulfone groups is 1. The van der Waals surface area contributed by atoms with Gasteiger partial charge in [0.15, 0.2) is 21.3 Å². The number of carbonyl (C=O) groups excluding carboxylic acids is 2. The highest BCUT2D eigenvalue weighted by Crippen LogP contribution is 2.32. The van der Waals surface area contributed by atoms with E-state index in [1.165, 1.54) is 6.20 Å². The van der Waals surface area contributed by atoms with Gasteiger partial charge in [0.1, 0.15) is 12.3 Å². The monoisotopic (exact) mass is 511 g/mol. The molecule has 1 fully saturated rings.